The van der Waals surface area contributed by atoms with Gasteiger partial charge in [0.2, 0.25) is 11.8 Å². The Labute approximate surface area is 112 Å². The smallest absolute Gasteiger partial charge is 0.246 e. The van der Waals surface area contributed by atoms with Crippen molar-refractivity contribution in [3.63, 3.8) is 0 Å². The van der Waals surface area contributed by atoms with E-state index < -0.39 is 12.1 Å². The molecule has 2 unspecified atom stereocenters. The Hall–Kier alpha value is -1.85. The number of aromatic nitrogens is 1. The first-order valence-electron chi connectivity index (χ1n) is 6.43. The summed E-state index contributed by atoms with van der Waals surface area (Å²) in [6.45, 7) is 7.63. The molecule has 2 amide bonds. The molecule has 1 aromatic heterocycles. The first-order valence-corrected chi connectivity index (χ1v) is 6.43. The molecule has 1 saturated heterocycles. The zero-order valence-corrected chi connectivity index (χ0v) is 11.6. The van der Waals surface area contributed by atoms with Gasteiger partial charge < -0.3 is 14.7 Å². The van der Waals surface area contributed by atoms with Gasteiger partial charge >= 0.3 is 0 Å². The molecule has 2 atom stereocenters. The van der Waals surface area contributed by atoms with Crippen molar-refractivity contribution in [2.75, 3.05) is 0 Å². The zero-order valence-electron chi connectivity index (χ0n) is 11.6. The minimum absolute atomic E-state index is 0.0583. The van der Waals surface area contributed by atoms with Crippen LogP contribution in [0.1, 0.15) is 32.2 Å². The van der Waals surface area contributed by atoms with Crippen LogP contribution in [0.2, 0.25) is 0 Å². The fraction of sp³-hybridized carbons (Fsp3) is 0.615. The van der Waals surface area contributed by atoms with Gasteiger partial charge in [0.25, 0.3) is 0 Å². The van der Waals surface area contributed by atoms with E-state index in [0.717, 1.165) is 5.69 Å². The topological polar surface area (TPSA) is 75.4 Å². The second-order valence-electron chi connectivity index (χ2n) is 5.31. The number of aryl methyl sites for hydroxylation is 1. The van der Waals surface area contributed by atoms with E-state index in [4.69, 9.17) is 4.52 Å². The van der Waals surface area contributed by atoms with Gasteiger partial charge in [0, 0.05) is 6.07 Å². The average Bonchev–Trinajstić information content (AvgIpc) is 2.74. The molecular weight excluding hydrogens is 246 g/mol. The number of piperazine rings is 1. The van der Waals surface area contributed by atoms with Gasteiger partial charge in [0.15, 0.2) is 5.76 Å². The monoisotopic (exact) mass is 265 g/mol. The molecular formula is C13H19N3O3. The van der Waals surface area contributed by atoms with Crippen molar-refractivity contribution < 1.29 is 14.1 Å². The van der Waals surface area contributed by atoms with Crippen molar-refractivity contribution in [3.05, 3.63) is 17.5 Å². The molecule has 0 spiro atoms. The van der Waals surface area contributed by atoms with Crippen molar-refractivity contribution >= 4 is 11.8 Å². The Morgan fingerprint density at radius 3 is 2.68 bits per heavy atom. The van der Waals surface area contributed by atoms with E-state index in [9.17, 15) is 9.59 Å². The van der Waals surface area contributed by atoms with Crippen LogP contribution in [-0.4, -0.2) is 34.0 Å². The molecule has 1 aliphatic heterocycles. The lowest BCUT2D eigenvalue weighted by Crippen LogP contribution is -2.63. The molecule has 2 rings (SSSR count). The van der Waals surface area contributed by atoms with E-state index in [0.29, 0.717) is 5.76 Å². The molecule has 1 aromatic rings. The minimum Gasteiger partial charge on any atom is -0.359 e. The number of nitrogens with zero attached hydrogens (tertiary/aromatic N) is 2. The zero-order chi connectivity index (χ0) is 14.2. The number of nitrogens with one attached hydrogen (secondary N) is 1. The molecule has 1 aliphatic rings. The standard InChI is InChI=1S/C13H19N3O3/c1-7(2)11-13(18)16(9(4)12(17)14-11)6-10-5-8(3)15-19-10/h5,7,9,11H,6H2,1-4H3,(H,14,17). The van der Waals surface area contributed by atoms with E-state index in [1.54, 1.807) is 17.9 Å². The third kappa shape index (κ3) is 2.62. The van der Waals surface area contributed by atoms with Gasteiger partial charge in [0.05, 0.1) is 12.2 Å². The maximum atomic E-state index is 12.4. The van der Waals surface area contributed by atoms with Crippen LogP contribution < -0.4 is 5.32 Å². The van der Waals surface area contributed by atoms with Gasteiger partial charge in [0.1, 0.15) is 12.1 Å². The SMILES string of the molecule is Cc1cc(CN2C(=O)C(C(C)C)NC(=O)C2C)on1. The molecule has 0 radical (unpaired) electrons. The van der Waals surface area contributed by atoms with Crippen LogP contribution in [0, 0.1) is 12.8 Å². The maximum absolute atomic E-state index is 12.4. The van der Waals surface area contributed by atoms with E-state index in [2.05, 4.69) is 10.5 Å². The van der Waals surface area contributed by atoms with Crippen LogP contribution in [0.5, 0.6) is 0 Å². The van der Waals surface area contributed by atoms with Crippen molar-refractivity contribution in [2.24, 2.45) is 5.92 Å². The van der Waals surface area contributed by atoms with Crippen LogP contribution in [-0.2, 0) is 16.1 Å². The second-order valence-corrected chi connectivity index (χ2v) is 5.31. The summed E-state index contributed by atoms with van der Waals surface area (Å²) in [5.74, 6) is 0.448. The highest BCUT2D eigenvalue weighted by Crippen LogP contribution is 2.18. The molecule has 0 saturated carbocycles. The van der Waals surface area contributed by atoms with Crippen LogP contribution >= 0.6 is 0 Å². The third-order valence-corrected chi connectivity index (χ3v) is 3.36. The number of hydrogen-bond donors (Lipinski definition) is 1. The molecule has 1 fully saturated rings. The van der Waals surface area contributed by atoms with Gasteiger partial charge in [-0.15, -0.1) is 0 Å². The van der Waals surface area contributed by atoms with Crippen LogP contribution in [0.4, 0.5) is 0 Å². The normalized spacial score (nSPS) is 23.9. The van der Waals surface area contributed by atoms with Crippen molar-refractivity contribution in [1.82, 2.24) is 15.4 Å². The molecule has 0 aromatic carbocycles. The van der Waals surface area contributed by atoms with E-state index >= 15 is 0 Å². The van der Waals surface area contributed by atoms with Gasteiger partial charge in [-0.1, -0.05) is 19.0 Å². The number of carbonyl (C=O) groups is 2. The quantitative estimate of drug-likeness (QED) is 0.879. The predicted molar refractivity (Wildman–Crippen MR) is 68.0 cm³/mol. The van der Waals surface area contributed by atoms with Crippen molar-refractivity contribution in [3.8, 4) is 0 Å². The fourth-order valence-corrected chi connectivity index (χ4v) is 2.17. The number of carbonyl (C=O) groups excluding carboxylic acids is 2. The minimum atomic E-state index is -0.493. The molecule has 19 heavy (non-hydrogen) atoms. The first kappa shape index (κ1) is 13.6. The lowest BCUT2D eigenvalue weighted by molar-refractivity contribution is -0.150. The molecule has 6 nitrogen and oxygen atoms in total. The van der Waals surface area contributed by atoms with Crippen LogP contribution in [0.3, 0.4) is 0 Å². The van der Waals surface area contributed by atoms with Crippen LogP contribution in [0.25, 0.3) is 0 Å². The van der Waals surface area contributed by atoms with Gasteiger partial charge in [-0.25, -0.2) is 0 Å². The molecule has 0 bridgehead atoms. The molecule has 0 aliphatic carbocycles. The Kier molecular flexibility index (Phi) is 3.59. The first-order chi connectivity index (χ1) is 8.90. The van der Waals surface area contributed by atoms with E-state index in [-0.39, 0.29) is 24.3 Å². The highest BCUT2D eigenvalue weighted by molar-refractivity contribution is 5.96. The lowest BCUT2D eigenvalue weighted by Gasteiger charge is -2.38. The molecule has 104 valence electrons. The largest absolute Gasteiger partial charge is 0.359 e. The number of rotatable bonds is 3. The summed E-state index contributed by atoms with van der Waals surface area (Å²) in [5.41, 5.74) is 0.761. The number of hydrogen-bond acceptors (Lipinski definition) is 4. The predicted octanol–water partition coefficient (Wildman–Crippen LogP) is 0.855. The van der Waals surface area contributed by atoms with Gasteiger partial charge in [-0.3, -0.25) is 9.59 Å². The Morgan fingerprint density at radius 1 is 1.47 bits per heavy atom. The Morgan fingerprint density at radius 2 is 2.16 bits per heavy atom. The lowest BCUT2D eigenvalue weighted by atomic mass is 9.98. The van der Waals surface area contributed by atoms with Crippen molar-refractivity contribution in [2.45, 2.75) is 46.3 Å². The third-order valence-electron chi connectivity index (χ3n) is 3.36. The summed E-state index contributed by atoms with van der Waals surface area (Å²) in [6.07, 6.45) is 0. The molecule has 6 heteroatoms. The van der Waals surface area contributed by atoms with Crippen molar-refractivity contribution in [1.29, 1.82) is 0 Å². The summed E-state index contributed by atoms with van der Waals surface area (Å²) in [7, 11) is 0. The number of amides is 2. The average molecular weight is 265 g/mol. The van der Waals surface area contributed by atoms with E-state index in [1.165, 1.54) is 0 Å². The fourth-order valence-electron chi connectivity index (χ4n) is 2.17. The van der Waals surface area contributed by atoms with Gasteiger partial charge in [-0.2, -0.15) is 0 Å². The van der Waals surface area contributed by atoms with Crippen LogP contribution in [0.15, 0.2) is 10.6 Å². The highest BCUT2D eigenvalue weighted by atomic mass is 16.5. The summed E-state index contributed by atoms with van der Waals surface area (Å²) < 4.78 is 5.12. The Balaban J connectivity index is 2.20. The summed E-state index contributed by atoms with van der Waals surface area (Å²) in [6, 6.07) is 0.817. The van der Waals surface area contributed by atoms with E-state index in [1.807, 2.05) is 20.8 Å². The second kappa shape index (κ2) is 5.03. The molecule has 1 N–H and O–H groups in total. The highest BCUT2D eigenvalue weighted by Gasteiger charge is 2.39. The summed E-state index contributed by atoms with van der Waals surface area (Å²) in [4.78, 5) is 25.8. The summed E-state index contributed by atoms with van der Waals surface area (Å²) >= 11 is 0. The summed E-state index contributed by atoms with van der Waals surface area (Å²) in [5, 5.41) is 6.55. The van der Waals surface area contributed by atoms with Gasteiger partial charge in [-0.05, 0) is 19.8 Å². The maximum Gasteiger partial charge on any atom is 0.246 e. The Bertz CT molecular complexity index is 495. The molecule has 2 heterocycles.